The van der Waals surface area contributed by atoms with E-state index in [9.17, 15) is 9.59 Å². The summed E-state index contributed by atoms with van der Waals surface area (Å²) in [6.07, 6.45) is 3.80. The summed E-state index contributed by atoms with van der Waals surface area (Å²) in [7, 11) is 0. The number of carbonyl (C=O) groups excluding carboxylic acids is 2. The largest absolute Gasteiger partial charge is 0.322 e. The maximum Gasteiger partial charge on any atom is 0.267 e. The van der Waals surface area contributed by atoms with Crippen molar-refractivity contribution >= 4 is 28.7 Å². The molecule has 0 aliphatic carbocycles. The number of benzene rings is 1. The van der Waals surface area contributed by atoms with E-state index in [2.05, 4.69) is 5.32 Å². The summed E-state index contributed by atoms with van der Waals surface area (Å²) in [6.45, 7) is 1.50. The Labute approximate surface area is 132 Å². The molecular weight excluding hydrogens is 296 g/mol. The Morgan fingerprint density at radius 3 is 2.59 bits per heavy atom. The van der Waals surface area contributed by atoms with Crippen molar-refractivity contribution in [1.82, 2.24) is 4.57 Å². The van der Waals surface area contributed by atoms with Gasteiger partial charge >= 0.3 is 0 Å². The predicted molar refractivity (Wildman–Crippen MR) is 88.0 cm³/mol. The van der Waals surface area contributed by atoms with Crippen LogP contribution in [0.25, 0.3) is 5.69 Å². The molecule has 0 aliphatic rings. The number of Topliss-reactive ketones (excluding diaryl/α,β-unsaturated/α-hetero) is 1. The molecular formula is C17H14N2O2S. The molecule has 0 unspecified atom stereocenters. The highest BCUT2D eigenvalue weighted by Crippen LogP contribution is 2.23. The topological polar surface area (TPSA) is 51.1 Å². The lowest BCUT2D eigenvalue weighted by Crippen LogP contribution is -2.12. The average molecular weight is 310 g/mol. The second-order valence-electron chi connectivity index (χ2n) is 4.82. The Hall–Kier alpha value is -2.66. The first kappa shape index (κ1) is 14.3. The van der Waals surface area contributed by atoms with Gasteiger partial charge in [0.1, 0.15) is 4.88 Å². The summed E-state index contributed by atoms with van der Waals surface area (Å²) in [5, 5.41) is 4.73. The molecule has 0 bridgehead atoms. The Kier molecular flexibility index (Phi) is 3.89. The maximum atomic E-state index is 12.5. The number of amides is 1. The SMILES string of the molecule is CC(=O)c1cccc(NC(=O)c2sccc2-n2cccc2)c1. The molecule has 4 nitrogen and oxygen atoms in total. The van der Waals surface area contributed by atoms with Crippen LogP contribution in [0.15, 0.2) is 60.2 Å². The van der Waals surface area contributed by atoms with Crippen LogP contribution < -0.4 is 5.32 Å². The van der Waals surface area contributed by atoms with E-state index in [1.54, 1.807) is 24.3 Å². The molecule has 3 aromatic rings. The zero-order chi connectivity index (χ0) is 15.5. The fraction of sp³-hybridized carbons (Fsp3) is 0.0588. The zero-order valence-corrected chi connectivity index (χ0v) is 12.8. The summed E-state index contributed by atoms with van der Waals surface area (Å²) in [5.74, 6) is -0.209. The van der Waals surface area contributed by atoms with E-state index >= 15 is 0 Å². The van der Waals surface area contributed by atoms with Gasteiger partial charge in [0, 0.05) is 23.6 Å². The van der Waals surface area contributed by atoms with E-state index < -0.39 is 0 Å². The molecule has 2 heterocycles. The van der Waals surface area contributed by atoms with E-state index in [0.717, 1.165) is 5.69 Å². The predicted octanol–water partition coefficient (Wildman–Crippen LogP) is 3.99. The lowest BCUT2D eigenvalue weighted by molar-refractivity contribution is 0.101. The van der Waals surface area contributed by atoms with Gasteiger partial charge in [-0.05, 0) is 42.6 Å². The molecule has 5 heteroatoms. The molecule has 0 atom stereocenters. The molecule has 110 valence electrons. The van der Waals surface area contributed by atoms with E-state index in [4.69, 9.17) is 0 Å². The highest BCUT2D eigenvalue weighted by Gasteiger charge is 2.14. The van der Waals surface area contributed by atoms with Crippen LogP contribution in [-0.2, 0) is 0 Å². The molecule has 0 radical (unpaired) electrons. The summed E-state index contributed by atoms with van der Waals surface area (Å²) in [5.41, 5.74) is 2.04. The lowest BCUT2D eigenvalue weighted by Gasteiger charge is -2.08. The van der Waals surface area contributed by atoms with Crippen molar-refractivity contribution in [3.63, 3.8) is 0 Å². The standard InChI is InChI=1S/C17H14N2O2S/c1-12(20)13-5-4-6-14(11-13)18-17(21)16-15(7-10-22-16)19-8-2-3-9-19/h2-11H,1H3,(H,18,21). The van der Waals surface area contributed by atoms with E-state index in [1.165, 1.54) is 18.3 Å². The minimum absolute atomic E-state index is 0.0275. The molecule has 0 aliphatic heterocycles. The second kappa shape index (κ2) is 5.99. The Morgan fingerprint density at radius 1 is 1.09 bits per heavy atom. The molecule has 3 rings (SSSR count). The average Bonchev–Trinajstić information content (AvgIpc) is 3.18. The first-order valence-electron chi connectivity index (χ1n) is 6.78. The second-order valence-corrected chi connectivity index (χ2v) is 5.73. The number of rotatable bonds is 4. The van der Waals surface area contributed by atoms with Gasteiger partial charge in [-0.3, -0.25) is 9.59 Å². The third-order valence-corrected chi connectivity index (χ3v) is 4.16. The van der Waals surface area contributed by atoms with Crippen LogP contribution in [0.3, 0.4) is 0 Å². The van der Waals surface area contributed by atoms with Gasteiger partial charge in [-0.15, -0.1) is 11.3 Å². The van der Waals surface area contributed by atoms with Crippen molar-refractivity contribution in [3.8, 4) is 5.69 Å². The molecule has 2 aromatic heterocycles. The highest BCUT2D eigenvalue weighted by atomic mass is 32.1. The van der Waals surface area contributed by atoms with Crippen LogP contribution >= 0.6 is 11.3 Å². The number of hydrogen-bond acceptors (Lipinski definition) is 3. The van der Waals surface area contributed by atoms with Crippen molar-refractivity contribution < 1.29 is 9.59 Å². The third-order valence-electron chi connectivity index (χ3n) is 3.26. The van der Waals surface area contributed by atoms with E-state index in [1.807, 2.05) is 40.5 Å². The summed E-state index contributed by atoms with van der Waals surface area (Å²) >= 11 is 1.39. The van der Waals surface area contributed by atoms with Crippen LogP contribution in [0.1, 0.15) is 27.0 Å². The number of hydrogen-bond donors (Lipinski definition) is 1. The number of nitrogens with zero attached hydrogens (tertiary/aromatic N) is 1. The van der Waals surface area contributed by atoms with Gasteiger partial charge in [-0.25, -0.2) is 0 Å². The molecule has 1 aromatic carbocycles. The van der Waals surface area contributed by atoms with Crippen molar-refractivity contribution in [2.45, 2.75) is 6.92 Å². The fourth-order valence-corrected chi connectivity index (χ4v) is 2.96. The molecule has 0 spiro atoms. The Balaban J connectivity index is 1.86. The number of anilines is 1. The summed E-state index contributed by atoms with van der Waals surface area (Å²) < 4.78 is 1.90. The van der Waals surface area contributed by atoms with Crippen molar-refractivity contribution in [2.75, 3.05) is 5.32 Å². The molecule has 0 fully saturated rings. The molecule has 0 saturated heterocycles. The first-order valence-corrected chi connectivity index (χ1v) is 7.66. The minimum Gasteiger partial charge on any atom is -0.322 e. The van der Waals surface area contributed by atoms with Gasteiger partial charge in [-0.2, -0.15) is 0 Å². The van der Waals surface area contributed by atoms with Crippen LogP contribution in [0.2, 0.25) is 0 Å². The van der Waals surface area contributed by atoms with Gasteiger partial charge in [-0.1, -0.05) is 12.1 Å². The number of aromatic nitrogens is 1. The number of ketones is 1. The molecule has 22 heavy (non-hydrogen) atoms. The van der Waals surface area contributed by atoms with Crippen LogP contribution in [0.4, 0.5) is 5.69 Å². The molecule has 0 saturated carbocycles. The fourth-order valence-electron chi connectivity index (χ4n) is 2.17. The van der Waals surface area contributed by atoms with Crippen molar-refractivity contribution in [3.05, 3.63) is 70.7 Å². The van der Waals surface area contributed by atoms with Crippen molar-refractivity contribution in [1.29, 1.82) is 0 Å². The molecule has 1 N–H and O–H groups in total. The monoisotopic (exact) mass is 310 g/mol. The minimum atomic E-state index is -0.181. The Morgan fingerprint density at radius 2 is 1.86 bits per heavy atom. The normalized spacial score (nSPS) is 10.4. The first-order chi connectivity index (χ1) is 10.6. The highest BCUT2D eigenvalue weighted by molar-refractivity contribution is 7.12. The van der Waals surface area contributed by atoms with E-state index in [-0.39, 0.29) is 11.7 Å². The Bertz CT molecular complexity index is 819. The third kappa shape index (κ3) is 2.84. The zero-order valence-electron chi connectivity index (χ0n) is 11.9. The lowest BCUT2D eigenvalue weighted by atomic mass is 10.1. The smallest absolute Gasteiger partial charge is 0.267 e. The number of thiophene rings is 1. The van der Waals surface area contributed by atoms with E-state index in [0.29, 0.717) is 16.1 Å². The van der Waals surface area contributed by atoms with Crippen LogP contribution in [0, 0.1) is 0 Å². The van der Waals surface area contributed by atoms with Gasteiger partial charge in [0.05, 0.1) is 5.69 Å². The quantitative estimate of drug-likeness (QED) is 0.741. The summed E-state index contributed by atoms with van der Waals surface area (Å²) in [6, 6.07) is 12.7. The summed E-state index contributed by atoms with van der Waals surface area (Å²) in [4.78, 5) is 24.5. The van der Waals surface area contributed by atoms with Crippen LogP contribution in [-0.4, -0.2) is 16.3 Å². The van der Waals surface area contributed by atoms with Gasteiger partial charge < -0.3 is 9.88 Å². The van der Waals surface area contributed by atoms with Gasteiger partial charge in [0.25, 0.3) is 5.91 Å². The number of carbonyl (C=O) groups is 2. The van der Waals surface area contributed by atoms with Gasteiger partial charge in [0.2, 0.25) is 0 Å². The molecule has 1 amide bonds. The van der Waals surface area contributed by atoms with Gasteiger partial charge in [0.15, 0.2) is 5.78 Å². The maximum absolute atomic E-state index is 12.5. The van der Waals surface area contributed by atoms with Crippen molar-refractivity contribution in [2.24, 2.45) is 0 Å². The number of nitrogens with one attached hydrogen (secondary N) is 1. The van der Waals surface area contributed by atoms with Crippen LogP contribution in [0.5, 0.6) is 0 Å².